The molecule has 0 aliphatic carbocycles. The second-order valence-electron chi connectivity index (χ2n) is 4.23. The molecule has 4 heteroatoms. The van der Waals surface area contributed by atoms with Crippen molar-refractivity contribution in [2.75, 3.05) is 18.9 Å². The lowest BCUT2D eigenvalue weighted by Gasteiger charge is -2.24. The fraction of sp³-hybridized carbons (Fsp3) is 0.417. The molecule has 0 aliphatic rings. The molecule has 1 aromatic carbocycles. The van der Waals surface area contributed by atoms with Crippen LogP contribution in [0, 0.1) is 0 Å². The molecule has 0 atom stereocenters. The van der Waals surface area contributed by atoms with Crippen LogP contribution in [0.25, 0.3) is 0 Å². The zero-order chi connectivity index (χ0) is 12.2. The Hall–Kier alpha value is -1.55. The molecule has 0 fully saturated rings. The number of carbonyl (C=O) groups is 1. The number of hydrogen-bond donors (Lipinski definition) is 3. The lowest BCUT2D eigenvalue weighted by atomic mass is 9.83. The van der Waals surface area contributed by atoms with Crippen molar-refractivity contribution >= 4 is 11.6 Å². The van der Waals surface area contributed by atoms with Crippen molar-refractivity contribution in [2.45, 2.75) is 19.3 Å². The Labute approximate surface area is 95.5 Å². The number of amides is 1. The van der Waals surface area contributed by atoms with Gasteiger partial charge in [0.25, 0.3) is 0 Å². The van der Waals surface area contributed by atoms with Gasteiger partial charge in [-0.2, -0.15) is 0 Å². The van der Waals surface area contributed by atoms with E-state index in [9.17, 15) is 4.79 Å². The number of nitrogens with two attached hydrogens (primary N) is 1. The molecular weight excluding hydrogens is 204 g/mol. The smallest absolute Gasteiger partial charge is 0.230 e. The normalized spacial score (nSPS) is 11.2. The lowest BCUT2D eigenvalue weighted by molar-refractivity contribution is -0.125. The molecule has 1 aromatic rings. The molecule has 0 radical (unpaired) electrons. The largest absolute Gasteiger partial charge is 0.399 e. The van der Waals surface area contributed by atoms with Gasteiger partial charge >= 0.3 is 0 Å². The first kappa shape index (κ1) is 12.5. The summed E-state index contributed by atoms with van der Waals surface area (Å²) in [6.45, 7) is 3.90. The molecule has 0 saturated heterocycles. The SMILES string of the molecule is CC(C)(C(=O)NCCO)c1ccc(N)cc1. The fourth-order valence-electron chi connectivity index (χ4n) is 1.42. The van der Waals surface area contributed by atoms with E-state index in [2.05, 4.69) is 5.32 Å². The number of aliphatic hydroxyl groups excluding tert-OH is 1. The van der Waals surface area contributed by atoms with Gasteiger partial charge in [-0.25, -0.2) is 0 Å². The molecule has 4 N–H and O–H groups in total. The third-order valence-corrected chi connectivity index (χ3v) is 2.60. The van der Waals surface area contributed by atoms with Gasteiger partial charge in [-0.3, -0.25) is 4.79 Å². The van der Waals surface area contributed by atoms with E-state index in [4.69, 9.17) is 10.8 Å². The van der Waals surface area contributed by atoms with Gasteiger partial charge in [0.05, 0.1) is 12.0 Å². The monoisotopic (exact) mass is 222 g/mol. The summed E-state index contributed by atoms with van der Waals surface area (Å²) in [6.07, 6.45) is 0. The van der Waals surface area contributed by atoms with Gasteiger partial charge in [-0.15, -0.1) is 0 Å². The molecular formula is C12H18N2O2. The first-order chi connectivity index (χ1) is 7.48. The molecule has 0 aliphatic heterocycles. The molecule has 1 amide bonds. The summed E-state index contributed by atoms with van der Waals surface area (Å²) in [5.41, 5.74) is 6.55. The average Bonchev–Trinajstić information content (AvgIpc) is 2.26. The molecule has 0 spiro atoms. The van der Waals surface area contributed by atoms with Gasteiger partial charge in [0.1, 0.15) is 0 Å². The molecule has 0 heterocycles. The number of nitrogens with one attached hydrogen (secondary N) is 1. The van der Waals surface area contributed by atoms with E-state index in [1.54, 1.807) is 12.1 Å². The average molecular weight is 222 g/mol. The molecule has 0 bridgehead atoms. The summed E-state index contributed by atoms with van der Waals surface area (Å²) < 4.78 is 0. The van der Waals surface area contributed by atoms with Gasteiger partial charge in [0, 0.05) is 12.2 Å². The van der Waals surface area contributed by atoms with Gasteiger partial charge in [-0.05, 0) is 31.5 Å². The van der Waals surface area contributed by atoms with E-state index >= 15 is 0 Å². The molecule has 88 valence electrons. The van der Waals surface area contributed by atoms with Gasteiger partial charge in [-0.1, -0.05) is 12.1 Å². The quantitative estimate of drug-likeness (QED) is 0.655. The van der Waals surface area contributed by atoms with Gasteiger partial charge in [0.2, 0.25) is 5.91 Å². The predicted octanol–water partition coefficient (Wildman–Crippen LogP) is 0.655. The Balaban J connectivity index is 2.83. The summed E-state index contributed by atoms with van der Waals surface area (Å²) in [5, 5.41) is 11.3. The molecule has 0 unspecified atom stereocenters. The first-order valence-corrected chi connectivity index (χ1v) is 5.23. The minimum atomic E-state index is -0.622. The number of anilines is 1. The minimum absolute atomic E-state index is 0.0520. The van der Waals surface area contributed by atoms with Crippen LogP contribution in [0.15, 0.2) is 24.3 Å². The van der Waals surface area contributed by atoms with Crippen LogP contribution < -0.4 is 11.1 Å². The number of benzene rings is 1. The Morgan fingerprint density at radius 1 is 1.38 bits per heavy atom. The summed E-state index contributed by atoms with van der Waals surface area (Å²) >= 11 is 0. The van der Waals surface area contributed by atoms with Crippen LogP contribution in [-0.4, -0.2) is 24.2 Å². The summed E-state index contributed by atoms with van der Waals surface area (Å²) in [6, 6.07) is 7.23. The standard InChI is InChI=1S/C12H18N2O2/c1-12(2,11(16)14-7-8-15)9-3-5-10(13)6-4-9/h3-6,15H,7-8,13H2,1-2H3,(H,14,16). The van der Waals surface area contributed by atoms with E-state index in [0.717, 1.165) is 5.56 Å². The van der Waals surface area contributed by atoms with Crippen LogP contribution >= 0.6 is 0 Å². The van der Waals surface area contributed by atoms with Crippen molar-refractivity contribution in [2.24, 2.45) is 0 Å². The van der Waals surface area contributed by atoms with E-state index in [1.165, 1.54) is 0 Å². The van der Waals surface area contributed by atoms with Gasteiger partial charge < -0.3 is 16.2 Å². The van der Waals surface area contributed by atoms with Crippen molar-refractivity contribution in [3.63, 3.8) is 0 Å². The van der Waals surface area contributed by atoms with Crippen LogP contribution in [0.4, 0.5) is 5.69 Å². The Kier molecular flexibility index (Phi) is 3.90. The van der Waals surface area contributed by atoms with Crippen LogP contribution in [0.3, 0.4) is 0 Å². The van der Waals surface area contributed by atoms with Crippen molar-refractivity contribution in [3.8, 4) is 0 Å². The number of rotatable bonds is 4. The summed E-state index contributed by atoms with van der Waals surface area (Å²) in [7, 11) is 0. The maximum atomic E-state index is 11.9. The molecule has 1 rings (SSSR count). The third-order valence-electron chi connectivity index (χ3n) is 2.60. The maximum Gasteiger partial charge on any atom is 0.230 e. The lowest BCUT2D eigenvalue weighted by Crippen LogP contribution is -2.41. The number of hydrogen-bond acceptors (Lipinski definition) is 3. The molecule has 0 aromatic heterocycles. The van der Waals surface area contributed by atoms with Crippen LogP contribution in [0.5, 0.6) is 0 Å². The Morgan fingerprint density at radius 2 is 1.94 bits per heavy atom. The van der Waals surface area contributed by atoms with Crippen molar-refractivity contribution in [3.05, 3.63) is 29.8 Å². The summed E-state index contributed by atoms with van der Waals surface area (Å²) in [5.74, 6) is -0.105. The second-order valence-corrected chi connectivity index (χ2v) is 4.23. The highest BCUT2D eigenvalue weighted by molar-refractivity contribution is 5.87. The number of aliphatic hydroxyl groups is 1. The summed E-state index contributed by atoms with van der Waals surface area (Å²) in [4.78, 5) is 11.9. The fourth-order valence-corrected chi connectivity index (χ4v) is 1.42. The molecule has 4 nitrogen and oxygen atoms in total. The van der Waals surface area contributed by atoms with E-state index in [0.29, 0.717) is 5.69 Å². The van der Waals surface area contributed by atoms with Crippen molar-refractivity contribution in [1.82, 2.24) is 5.32 Å². The Morgan fingerprint density at radius 3 is 2.44 bits per heavy atom. The highest BCUT2D eigenvalue weighted by Gasteiger charge is 2.29. The highest BCUT2D eigenvalue weighted by Crippen LogP contribution is 2.24. The zero-order valence-electron chi connectivity index (χ0n) is 9.66. The Bertz CT molecular complexity index is 358. The third kappa shape index (κ3) is 2.73. The highest BCUT2D eigenvalue weighted by atomic mass is 16.3. The van der Waals surface area contributed by atoms with Crippen molar-refractivity contribution in [1.29, 1.82) is 0 Å². The number of nitrogen functional groups attached to an aromatic ring is 1. The van der Waals surface area contributed by atoms with Gasteiger partial charge in [0.15, 0.2) is 0 Å². The second kappa shape index (κ2) is 4.99. The molecule has 16 heavy (non-hydrogen) atoms. The van der Waals surface area contributed by atoms with E-state index < -0.39 is 5.41 Å². The number of carbonyl (C=O) groups excluding carboxylic acids is 1. The zero-order valence-corrected chi connectivity index (χ0v) is 9.66. The predicted molar refractivity (Wildman–Crippen MR) is 64.0 cm³/mol. The first-order valence-electron chi connectivity index (χ1n) is 5.23. The van der Waals surface area contributed by atoms with E-state index in [1.807, 2.05) is 26.0 Å². The van der Waals surface area contributed by atoms with E-state index in [-0.39, 0.29) is 19.1 Å². The topological polar surface area (TPSA) is 75.3 Å². The van der Waals surface area contributed by atoms with Crippen LogP contribution in [0.1, 0.15) is 19.4 Å². The maximum absolute atomic E-state index is 11.9. The minimum Gasteiger partial charge on any atom is -0.399 e. The van der Waals surface area contributed by atoms with Crippen LogP contribution in [0.2, 0.25) is 0 Å². The van der Waals surface area contributed by atoms with Crippen LogP contribution in [-0.2, 0) is 10.2 Å². The molecule has 0 saturated carbocycles. The van der Waals surface area contributed by atoms with Crippen molar-refractivity contribution < 1.29 is 9.90 Å².